The van der Waals surface area contributed by atoms with Crippen LogP contribution >= 0.6 is 0 Å². The molecule has 0 saturated carbocycles. The van der Waals surface area contributed by atoms with Crippen LogP contribution in [0.3, 0.4) is 0 Å². The van der Waals surface area contributed by atoms with Crippen molar-refractivity contribution in [3.63, 3.8) is 0 Å². The monoisotopic (exact) mass is 366 g/mol. The van der Waals surface area contributed by atoms with Crippen LogP contribution in [0.4, 0.5) is 5.95 Å². The molecule has 27 heavy (non-hydrogen) atoms. The van der Waals surface area contributed by atoms with Gasteiger partial charge in [-0.3, -0.25) is 4.79 Å². The Kier molecular flexibility index (Phi) is 6.41. The molecule has 6 heteroatoms. The van der Waals surface area contributed by atoms with E-state index in [1.807, 2.05) is 42.2 Å². The number of hydrogen-bond acceptors (Lipinski definition) is 5. The highest BCUT2D eigenvalue weighted by Gasteiger charge is 2.22. The number of allylic oxidation sites excluding steroid dienone is 1. The van der Waals surface area contributed by atoms with E-state index < -0.39 is 0 Å². The minimum atomic E-state index is 0.193. The zero-order valence-corrected chi connectivity index (χ0v) is 15.8. The predicted molar refractivity (Wildman–Crippen MR) is 107 cm³/mol. The fraction of sp³-hybridized carbons (Fsp3) is 0.381. The normalized spacial score (nSPS) is 14.1. The smallest absolute Gasteiger partial charge is 0.225 e. The second-order valence-electron chi connectivity index (χ2n) is 6.39. The molecule has 1 aromatic heterocycles. The molecule has 0 unspecified atom stereocenters. The molecule has 0 radical (unpaired) electrons. The topological polar surface area (TPSA) is 58.6 Å². The molecule has 0 atom stereocenters. The van der Waals surface area contributed by atoms with Gasteiger partial charge in [-0.1, -0.05) is 6.08 Å². The maximum atomic E-state index is 12.1. The molecule has 1 aliphatic rings. The first-order chi connectivity index (χ1) is 13.2. The summed E-state index contributed by atoms with van der Waals surface area (Å²) in [6.45, 7) is 9.18. The summed E-state index contributed by atoms with van der Waals surface area (Å²) in [5, 5.41) is 0. The van der Waals surface area contributed by atoms with Crippen molar-refractivity contribution in [2.75, 3.05) is 37.7 Å². The van der Waals surface area contributed by atoms with E-state index in [9.17, 15) is 4.79 Å². The lowest BCUT2D eigenvalue weighted by molar-refractivity contribution is -0.131. The van der Waals surface area contributed by atoms with Gasteiger partial charge in [-0.25, -0.2) is 9.97 Å². The first kappa shape index (κ1) is 18.9. The van der Waals surface area contributed by atoms with E-state index in [1.165, 1.54) is 0 Å². The van der Waals surface area contributed by atoms with Crippen LogP contribution in [0.15, 0.2) is 49.2 Å². The highest BCUT2D eigenvalue weighted by Crippen LogP contribution is 2.22. The number of piperazine rings is 1. The van der Waals surface area contributed by atoms with Crippen LogP contribution < -0.4 is 9.64 Å². The summed E-state index contributed by atoms with van der Waals surface area (Å²) in [6, 6.07) is 9.83. The molecule has 0 bridgehead atoms. The lowest BCUT2D eigenvalue weighted by atomic mass is 10.1. The van der Waals surface area contributed by atoms with Crippen LogP contribution in [0, 0.1) is 0 Å². The number of aromatic nitrogens is 2. The van der Waals surface area contributed by atoms with E-state index in [0.29, 0.717) is 32.1 Å². The number of rotatable bonds is 7. The lowest BCUT2D eigenvalue weighted by Gasteiger charge is -2.34. The second-order valence-corrected chi connectivity index (χ2v) is 6.39. The molecular formula is C21H26N4O2. The molecule has 1 saturated heterocycles. The first-order valence-electron chi connectivity index (χ1n) is 9.41. The quantitative estimate of drug-likeness (QED) is 0.705. The Morgan fingerprint density at radius 3 is 2.59 bits per heavy atom. The van der Waals surface area contributed by atoms with Gasteiger partial charge in [-0.15, -0.1) is 6.58 Å². The molecule has 6 nitrogen and oxygen atoms in total. The minimum absolute atomic E-state index is 0.193. The number of hydrogen-bond donors (Lipinski definition) is 0. The van der Waals surface area contributed by atoms with E-state index in [1.54, 1.807) is 12.3 Å². The Hall–Kier alpha value is -2.89. The zero-order chi connectivity index (χ0) is 19.1. The molecule has 1 fully saturated rings. The van der Waals surface area contributed by atoms with Crippen LogP contribution in [0.5, 0.6) is 5.75 Å². The largest absolute Gasteiger partial charge is 0.494 e. The van der Waals surface area contributed by atoms with Gasteiger partial charge in [0.25, 0.3) is 0 Å². The molecule has 1 aliphatic heterocycles. The second kappa shape index (κ2) is 9.16. The summed E-state index contributed by atoms with van der Waals surface area (Å²) in [4.78, 5) is 25.3. The Balaban J connectivity index is 1.64. The maximum Gasteiger partial charge on any atom is 0.225 e. The van der Waals surface area contributed by atoms with Crippen LogP contribution in [0.2, 0.25) is 0 Å². The van der Waals surface area contributed by atoms with E-state index in [-0.39, 0.29) is 5.91 Å². The molecule has 3 rings (SSSR count). The Bertz CT molecular complexity index is 768. The number of benzene rings is 1. The fourth-order valence-corrected chi connectivity index (χ4v) is 3.09. The SMILES string of the molecule is C=CCCC(=O)N1CCN(c2nccc(-c3ccc(OCC)cc3)n2)CC1. The Labute approximate surface area is 160 Å². The van der Waals surface area contributed by atoms with E-state index in [4.69, 9.17) is 9.72 Å². The summed E-state index contributed by atoms with van der Waals surface area (Å²) >= 11 is 0. The maximum absolute atomic E-state index is 12.1. The third kappa shape index (κ3) is 4.84. The van der Waals surface area contributed by atoms with Crippen molar-refractivity contribution < 1.29 is 9.53 Å². The van der Waals surface area contributed by atoms with Crippen molar-refractivity contribution in [3.8, 4) is 17.0 Å². The summed E-state index contributed by atoms with van der Waals surface area (Å²) in [7, 11) is 0. The minimum Gasteiger partial charge on any atom is -0.494 e. The molecule has 2 heterocycles. The van der Waals surface area contributed by atoms with Gasteiger partial charge in [-0.2, -0.15) is 0 Å². The molecule has 2 aromatic rings. The number of carbonyl (C=O) groups is 1. The van der Waals surface area contributed by atoms with Crippen LogP contribution in [0.25, 0.3) is 11.3 Å². The summed E-state index contributed by atoms with van der Waals surface area (Å²) < 4.78 is 5.49. The predicted octanol–water partition coefficient (Wildman–Crippen LogP) is 3.16. The lowest BCUT2D eigenvalue weighted by Crippen LogP contribution is -2.49. The van der Waals surface area contributed by atoms with Crippen LogP contribution in [0.1, 0.15) is 19.8 Å². The number of amides is 1. The zero-order valence-electron chi connectivity index (χ0n) is 15.8. The number of nitrogens with zero attached hydrogens (tertiary/aromatic N) is 4. The standard InChI is InChI=1S/C21H26N4O2/c1-3-5-6-20(26)24-13-15-25(16-14-24)21-22-12-11-19(23-21)17-7-9-18(10-8-17)27-4-2/h3,7-12H,1,4-6,13-16H2,2H3. The number of carbonyl (C=O) groups excluding carboxylic acids is 1. The van der Waals surface area contributed by atoms with Crippen molar-refractivity contribution in [3.05, 3.63) is 49.2 Å². The third-order valence-electron chi connectivity index (χ3n) is 4.58. The highest BCUT2D eigenvalue weighted by molar-refractivity contribution is 5.76. The molecule has 142 valence electrons. The molecule has 1 amide bonds. The molecular weight excluding hydrogens is 340 g/mol. The third-order valence-corrected chi connectivity index (χ3v) is 4.58. The molecule has 0 N–H and O–H groups in total. The summed E-state index contributed by atoms with van der Waals surface area (Å²) in [5.74, 6) is 1.76. The van der Waals surface area contributed by atoms with E-state index >= 15 is 0 Å². The van der Waals surface area contributed by atoms with Gasteiger partial charge in [0.05, 0.1) is 12.3 Å². The number of anilines is 1. The Morgan fingerprint density at radius 2 is 1.93 bits per heavy atom. The number of ether oxygens (including phenoxy) is 1. The van der Waals surface area contributed by atoms with Gasteiger partial charge in [0.15, 0.2) is 0 Å². The van der Waals surface area contributed by atoms with Crippen LogP contribution in [-0.2, 0) is 4.79 Å². The fourth-order valence-electron chi connectivity index (χ4n) is 3.09. The van der Waals surface area contributed by atoms with Crippen molar-refractivity contribution in [2.24, 2.45) is 0 Å². The van der Waals surface area contributed by atoms with Gasteiger partial charge in [0, 0.05) is 44.4 Å². The molecule has 1 aromatic carbocycles. The summed E-state index contributed by atoms with van der Waals surface area (Å²) in [5.41, 5.74) is 1.91. The van der Waals surface area contributed by atoms with Crippen LogP contribution in [-0.4, -0.2) is 53.6 Å². The average Bonchev–Trinajstić information content (AvgIpc) is 2.73. The van der Waals surface area contributed by atoms with Gasteiger partial charge < -0.3 is 14.5 Å². The van der Waals surface area contributed by atoms with Crippen molar-refractivity contribution >= 4 is 11.9 Å². The Morgan fingerprint density at radius 1 is 1.19 bits per heavy atom. The van der Waals surface area contributed by atoms with Crippen molar-refractivity contribution in [1.29, 1.82) is 0 Å². The van der Waals surface area contributed by atoms with E-state index in [0.717, 1.165) is 36.5 Å². The van der Waals surface area contributed by atoms with Gasteiger partial charge >= 0.3 is 0 Å². The van der Waals surface area contributed by atoms with Gasteiger partial charge in [-0.05, 0) is 43.7 Å². The van der Waals surface area contributed by atoms with E-state index in [2.05, 4.69) is 16.5 Å². The first-order valence-corrected chi connectivity index (χ1v) is 9.41. The van der Waals surface area contributed by atoms with Crippen molar-refractivity contribution in [1.82, 2.24) is 14.9 Å². The van der Waals surface area contributed by atoms with Crippen molar-refractivity contribution in [2.45, 2.75) is 19.8 Å². The average molecular weight is 366 g/mol. The molecule has 0 spiro atoms. The van der Waals surface area contributed by atoms with Gasteiger partial charge in [0.2, 0.25) is 11.9 Å². The summed E-state index contributed by atoms with van der Waals surface area (Å²) in [6.07, 6.45) is 4.84. The molecule has 0 aliphatic carbocycles. The highest BCUT2D eigenvalue weighted by atomic mass is 16.5. The van der Waals surface area contributed by atoms with Gasteiger partial charge in [0.1, 0.15) is 5.75 Å².